The SMILES string of the molecule is CSCCC(N)C(=O)NC(C(=O)NC(CS)C(=O)NC(CC(N)=O)C(=O)O)C(C)C. The monoisotopic (exact) mass is 465 g/mol. The van der Waals surface area contributed by atoms with Crippen LogP contribution in [0.5, 0.6) is 0 Å². The van der Waals surface area contributed by atoms with Gasteiger partial charge in [0, 0.05) is 5.75 Å². The van der Waals surface area contributed by atoms with Crippen molar-refractivity contribution in [2.45, 2.75) is 50.9 Å². The summed E-state index contributed by atoms with van der Waals surface area (Å²) in [7, 11) is 0. The van der Waals surface area contributed by atoms with Gasteiger partial charge >= 0.3 is 5.97 Å². The number of thiol groups is 1. The number of carbonyl (C=O) groups is 5. The van der Waals surface area contributed by atoms with Crippen molar-refractivity contribution in [2.75, 3.05) is 17.8 Å². The summed E-state index contributed by atoms with van der Waals surface area (Å²) in [5, 5.41) is 16.3. The minimum absolute atomic E-state index is 0.146. The number of amides is 4. The molecule has 4 unspecified atom stereocenters. The Morgan fingerprint density at radius 1 is 1.00 bits per heavy atom. The van der Waals surface area contributed by atoms with Gasteiger partial charge in [-0.1, -0.05) is 13.8 Å². The second kappa shape index (κ2) is 14.1. The van der Waals surface area contributed by atoms with Crippen molar-refractivity contribution in [3.05, 3.63) is 0 Å². The van der Waals surface area contributed by atoms with Crippen LogP contribution in [0.4, 0.5) is 0 Å². The van der Waals surface area contributed by atoms with Gasteiger partial charge in [0.1, 0.15) is 18.1 Å². The normalized spacial score (nSPS) is 14.9. The second-order valence-corrected chi connectivity index (χ2v) is 8.28. The highest BCUT2D eigenvalue weighted by Crippen LogP contribution is 2.06. The summed E-state index contributed by atoms with van der Waals surface area (Å²) in [4.78, 5) is 59.4. The van der Waals surface area contributed by atoms with E-state index in [4.69, 9.17) is 16.6 Å². The number of nitrogens with one attached hydrogen (secondary N) is 3. The summed E-state index contributed by atoms with van der Waals surface area (Å²) in [5.41, 5.74) is 10.8. The van der Waals surface area contributed by atoms with E-state index in [0.717, 1.165) is 0 Å². The topological polar surface area (TPSA) is 194 Å². The number of rotatable bonds is 14. The van der Waals surface area contributed by atoms with Crippen LogP contribution < -0.4 is 27.4 Å². The van der Waals surface area contributed by atoms with Gasteiger partial charge in [0.15, 0.2) is 0 Å². The zero-order valence-corrected chi connectivity index (χ0v) is 18.9. The van der Waals surface area contributed by atoms with E-state index in [-0.39, 0.29) is 11.7 Å². The molecule has 0 radical (unpaired) electrons. The molecule has 0 saturated carbocycles. The molecule has 8 N–H and O–H groups in total. The number of hydrogen-bond donors (Lipinski definition) is 7. The third-order valence-electron chi connectivity index (χ3n) is 4.05. The molecule has 30 heavy (non-hydrogen) atoms. The van der Waals surface area contributed by atoms with E-state index in [2.05, 4.69) is 28.6 Å². The number of hydrogen-bond acceptors (Lipinski definition) is 8. The maximum Gasteiger partial charge on any atom is 0.326 e. The van der Waals surface area contributed by atoms with Crippen LogP contribution in [0.1, 0.15) is 26.7 Å². The number of aliphatic carboxylic acids is 1. The average Bonchev–Trinajstić information content (AvgIpc) is 2.66. The summed E-state index contributed by atoms with van der Waals surface area (Å²) in [6.45, 7) is 3.42. The Morgan fingerprint density at radius 2 is 1.57 bits per heavy atom. The molecule has 0 aromatic carbocycles. The first-order chi connectivity index (χ1) is 13.9. The van der Waals surface area contributed by atoms with E-state index in [1.54, 1.807) is 25.6 Å². The Balaban J connectivity index is 5.13. The Bertz CT molecular complexity index is 634. The number of carboxylic acids is 1. The van der Waals surface area contributed by atoms with Crippen molar-refractivity contribution >= 4 is 54.0 Å². The van der Waals surface area contributed by atoms with E-state index >= 15 is 0 Å². The van der Waals surface area contributed by atoms with Crippen molar-refractivity contribution in [1.82, 2.24) is 16.0 Å². The largest absolute Gasteiger partial charge is 0.480 e. The molecule has 0 bridgehead atoms. The quantitative estimate of drug-likeness (QED) is 0.144. The second-order valence-electron chi connectivity index (χ2n) is 6.93. The van der Waals surface area contributed by atoms with Gasteiger partial charge in [-0.05, 0) is 24.3 Å². The lowest BCUT2D eigenvalue weighted by Gasteiger charge is -2.26. The number of thioether (sulfide) groups is 1. The van der Waals surface area contributed by atoms with Crippen LogP contribution in [0.3, 0.4) is 0 Å². The molecule has 0 heterocycles. The van der Waals surface area contributed by atoms with Crippen molar-refractivity contribution in [2.24, 2.45) is 17.4 Å². The summed E-state index contributed by atoms with van der Waals surface area (Å²) >= 11 is 5.55. The van der Waals surface area contributed by atoms with E-state index in [0.29, 0.717) is 12.2 Å². The molecule has 4 amide bonds. The Labute approximate surface area is 185 Å². The van der Waals surface area contributed by atoms with Crippen molar-refractivity contribution in [3.63, 3.8) is 0 Å². The first-order valence-corrected chi connectivity index (χ1v) is 11.2. The molecule has 0 rings (SSSR count). The first-order valence-electron chi connectivity index (χ1n) is 9.22. The van der Waals surface area contributed by atoms with Gasteiger partial charge in [-0.3, -0.25) is 19.2 Å². The third kappa shape index (κ3) is 10.2. The zero-order chi connectivity index (χ0) is 23.4. The van der Waals surface area contributed by atoms with E-state index < -0.39 is 60.2 Å². The average molecular weight is 466 g/mol. The molecule has 0 fully saturated rings. The van der Waals surface area contributed by atoms with Crippen LogP contribution in [0.15, 0.2) is 0 Å². The molecule has 0 saturated heterocycles. The third-order valence-corrected chi connectivity index (χ3v) is 5.06. The summed E-state index contributed by atoms with van der Waals surface area (Å²) in [5.74, 6) is -4.11. The lowest BCUT2D eigenvalue weighted by molar-refractivity contribution is -0.143. The van der Waals surface area contributed by atoms with Crippen molar-refractivity contribution < 1.29 is 29.1 Å². The molecule has 0 aromatic rings. The fourth-order valence-corrected chi connectivity index (χ4v) is 3.05. The molecule has 0 aromatic heterocycles. The fourth-order valence-electron chi connectivity index (χ4n) is 2.30. The van der Waals surface area contributed by atoms with E-state index in [9.17, 15) is 24.0 Å². The number of primary amides is 1. The lowest BCUT2D eigenvalue weighted by atomic mass is 10.0. The van der Waals surface area contributed by atoms with Gasteiger partial charge < -0.3 is 32.5 Å². The van der Waals surface area contributed by atoms with Crippen LogP contribution in [-0.4, -0.2) is 76.6 Å². The zero-order valence-electron chi connectivity index (χ0n) is 17.2. The fraction of sp³-hybridized carbons (Fsp3) is 0.706. The highest BCUT2D eigenvalue weighted by molar-refractivity contribution is 7.98. The number of carbonyl (C=O) groups excluding carboxylic acids is 4. The predicted molar refractivity (Wildman–Crippen MR) is 117 cm³/mol. The highest BCUT2D eigenvalue weighted by Gasteiger charge is 2.31. The maximum atomic E-state index is 12.7. The highest BCUT2D eigenvalue weighted by atomic mass is 32.2. The molecule has 11 nitrogen and oxygen atoms in total. The Morgan fingerprint density at radius 3 is 2.00 bits per heavy atom. The summed E-state index contributed by atoms with van der Waals surface area (Å²) in [6, 6.07) is -4.47. The smallest absolute Gasteiger partial charge is 0.326 e. The van der Waals surface area contributed by atoms with Crippen LogP contribution in [-0.2, 0) is 24.0 Å². The Kier molecular flexibility index (Phi) is 13.2. The van der Waals surface area contributed by atoms with Crippen LogP contribution >= 0.6 is 24.4 Å². The van der Waals surface area contributed by atoms with Gasteiger partial charge in [-0.2, -0.15) is 24.4 Å². The molecule has 13 heteroatoms. The van der Waals surface area contributed by atoms with Gasteiger partial charge in [0.25, 0.3) is 0 Å². The van der Waals surface area contributed by atoms with E-state index in [1.807, 2.05) is 6.26 Å². The number of carboxylic acid groups (broad SMARTS) is 1. The van der Waals surface area contributed by atoms with E-state index in [1.165, 1.54) is 0 Å². The Hall–Kier alpha value is -1.99. The van der Waals surface area contributed by atoms with Crippen molar-refractivity contribution in [1.29, 1.82) is 0 Å². The predicted octanol–water partition coefficient (Wildman–Crippen LogP) is -1.93. The number of nitrogens with two attached hydrogens (primary N) is 2. The standard InChI is InChI=1S/C17H31N5O6S2/c1-8(2)13(22-14(24)9(18)4-5-30-3)16(26)21-11(7-29)15(25)20-10(17(27)28)6-12(19)23/h8-11,13,29H,4-7,18H2,1-3H3,(H2,19,23)(H,20,25)(H,21,26)(H,22,24)(H,27,28). The molecule has 0 aliphatic rings. The minimum Gasteiger partial charge on any atom is -0.480 e. The molecule has 0 aliphatic heterocycles. The maximum absolute atomic E-state index is 12.7. The molecule has 0 aliphatic carbocycles. The summed E-state index contributed by atoms with van der Waals surface area (Å²) < 4.78 is 0. The minimum atomic E-state index is -1.54. The van der Waals surface area contributed by atoms with Gasteiger partial charge in [0.05, 0.1) is 12.5 Å². The molecular formula is C17H31N5O6S2. The van der Waals surface area contributed by atoms with Crippen LogP contribution in [0, 0.1) is 5.92 Å². The van der Waals surface area contributed by atoms with Gasteiger partial charge in [-0.25, -0.2) is 4.79 Å². The van der Waals surface area contributed by atoms with Crippen molar-refractivity contribution in [3.8, 4) is 0 Å². The van der Waals surface area contributed by atoms with Gasteiger partial charge in [0.2, 0.25) is 23.6 Å². The lowest BCUT2D eigenvalue weighted by Crippen LogP contribution is -2.59. The molecule has 172 valence electrons. The first kappa shape index (κ1) is 28.0. The van der Waals surface area contributed by atoms with Crippen LogP contribution in [0.2, 0.25) is 0 Å². The molecule has 0 spiro atoms. The molecule has 4 atom stereocenters. The van der Waals surface area contributed by atoms with Crippen LogP contribution in [0.25, 0.3) is 0 Å². The van der Waals surface area contributed by atoms with Gasteiger partial charge in [-0.15, -0.1) is 0 Å². The molecular weight excluding hydrogens is 434 g/mol. The summed E-state index contributed by atoms with van der Waals surface area (Å²) in [6.07, 6.45) is 1.72.